The van der Waals surface area contributed by atoms with E-state index >= 15 is 0 Å². The maximum absolute atomic E-state index is 13.8. The van der Waals surface area contributed by atoms with Gasteiger partial charge < -0.3 is 5.32 Å². The molecule has 0 heterocycles. The van der Waals surface area contributed by atoms with Gasteiger partial charge in [-0.2, -0.15) is 5.26 Å². The fraction of sp³-hybridized carbons (Fsp3) is 0.133. The topological polar surface area (TPSA) is 35.8 Å². The maximum Gasteiger partial charge on any atom is 0.129 e. The van der Waals surface area contributed by atoms with Gasteiger partial charge in [0.1, 0.15) is 5.82 Å². The van der Waals surface area contributed by atoms with Crippen molar-refractivity contribution in [3.63, 3.8) is 0 Å². The monoisotopic (exact) mass is 396 g/mol. The molecule has 2 rings (SSSR count). The number of aryl methyl sites for hydroxylation is 1. The van der Waals surface area contributed by atoms with Crippen LogP contribution in [0.3, 0.4) is 0 Å². The molecule has 2 nitrogen and oxygen atoms in total. The van der Waals surface area contributed by atoms with Gasteiger partial charge in [0.05, 0.1) is 17.3 Å². The molecule has 0 aliphatic rings. The van der Waals surface area contributed by atoms with Crippen molar-refractivity contribution in [2.75, 3.05) is 5.32 Å². The summed E-state index contributed by atoms with van der Waals surface area (Å²) in [5.74, 6) is -0.379. The second kappa shape index (κ2) is 6.38. The van der Waals surface area contributed by atoms with Gasteiger partial charge in [-0.25, -0.2) is 4.39 Å². The molecule has 2 aromatic carbocycles. The van der Waals surface area contributed by atoms with Gasteiger partial charge in [0.15, 0.2) is 0 Å². The van der Waals surface area contributed by atoms with E-state index < -0.39 is 0 Å². The van der Waals surface area contributed by atoms with E-state index in [-0.39, 0.29) is 5.82 Å². The average Bonchev–Trinajstić information content (AvgIpc) is 2.39. The smallest absolute Gasteiger partial charge is 0.129 e. The van der Waals surface area contributed by atoms with E-state index in [0.29, 0.717) is 17.7 Å². The fourth-order valence-corrected chi connectivity index (χ4v) is 3.51. The van der Waals surface area contributed by atoms with Crippen molar-refractivity contribution >= 4 is 37.5 Å². The van der Waals surface area contributed by atoms with E-state index in [4.69, 9.17) is 5.26 Å². The van der Waals surface area contributed by atoms with Crippen molar-refractivity contribution in [1.29, 1.82) is 5.26 Å². The van der Waals surface area contributed by atoms with Gasteiger partial charge in [-0.05, 0) is 68.6 Å². The van der Waals surface area contributed by atoms with Crippen molar-refractivity contribution < 1.29 is 4.39 Å². The Balaban J connectivity index is 2.20. The SMILES string of the molecule is Cc1cc(Br)c(NCc2ccc(C#N)cc2F)c(Br)c1. The molecule has 0 radical (unpaired) electrons. The third-order valence-corrected chi connectivity index (χ3v) is 4.08. The zero-order chi connectivity index (χ0) is 14.7. The Morgan fingerprint density at radius 1 is 1.20 bits per heavy atom. The number of halogens is 3. The minimum atomic E-state index is -0.379. The van der Waals surface area contributed by atoms with Crippen molar-refractivity contribution in [1.82, 2.24) is 0 Å². The van der Waals surface area contributed by atoms with Crippen LogP contribution in [0.25, 0.3) is 0 Å². The highest BCUT2D eigenvalue weighted by Crippen LogP contribution is 2.32. The summed E-state index contributed by atoms with van der Waals surface area (Å²) < 4.78 is 15.6. The van der Waals surface area contributed by atoms with Crippen LogP contribution in [0.5, 0.6) is 0 Å². The highest BCUT2D eigenvalue weighted by atomic mass is 79.9. The zero-order valence-electron chi connectivity index (χ0n) is 10.7. The van der Waals surface area contributed by atoms with E-state index in [1.807, 2.05) is 25.1 Å². The number of anilines is 1. The Kier molecular flexibility index (Phi) is 4.79. The van der Waals surface area contributed by atoms with Crippen LogP contribution in [0.15, 0.2) is 39.3 Å². The number of rotatable bonds is 3. The fourth-order valence-electron chi connectivity index (χ4n) is 1.81. The minimum absolute atomic E-state index is 0.323. The lowest BCUT2D eigenvalue weighted by molar-refractivity contribution is 0.612. The number of hydrogen-bond acceptors (Lipinski definition) is 2. The van der Waals surface area contributed by atoms with Crippen LogP contribution in [-0.4, -0.2) is 0 Å². The zero-order valence-corrected chi connectivity index (χ0v) is 13.8. The van der Waals surface area contributed by atoms with Gasteiger partial charge in [0, 0.05) is 21.1 Å². The van der Waals surface area contributed by atoms with Crippen molar-refractivity contribution in [3.8, 4) is 6.07 Å². The van der Waals surface area contributed by atoms with Crippen LogP contribution in [0, 0.1) is 24.1 Å². The number of nitrogens with one attached hydrogen (secondary N) is 1. The molecule has 0 spiro atoms. The highest BCUT2D eigenvalue weighted by molar-refractivity contribution is 9.11. The summed E-state index contributed by atoms with van der Waals surface area (Å²) in [6.45, 7) is 2.34. The molecule has 0 unspecified atom stereocenters. The van der Waals surface area contributed by atoms with Crippen LogP contribution in [-0.2, 0) is 6.54 Å². The number of nitriles is 1. The molecule has 0 saturated heterocycles. The maximum atomic E-state index is 13.8. The van der Waals surface area contributed by atoms with E-state index in [2.05, 4.69) is 37.2 Å². The lowest BCUT2D eigenvalue weighted by Gasteiger charge is -2.12. The molecule has 102 valence electrons. The van der Waals surface area contributed by atoms with Crippen LogP contribution in [0.4, 0.5) is 10.1 Å². The number of hydrogen-bond donors (Lipinski definition) is 1. The first-order chi connectivity index (χ1) is 9.51. The van der Waals surface area contributed by atoms with Gasteiger partial charge in [-0.3, -0.25) is 0 Å². The normalized spacial score (nSPS) is 10.2. The second-order valence-corrected chi connectivity index (χ2v) is 6.08. The third kappa shape index (κ3) is 3.38. The Labute approximate surface area is 133 Å². The first-order valence-electron chi connectivity index (χ1n) is 5.89. The lowest BCUT2D eigenvalue weighted by Crippen LogP contribution is -2.03. The largest absolute Gasteiger partial charge is 0.379 e. The molecule has 0 amide bonds. The molecule has 0 bridgehead atoms. The summed E-state index contributed by atoms with van der Waals surface area (Å²) in [6.07, 6.45) is 0. The summed E-state index contributed by atoms with van der Waals surface area (Å²) in [6, 6.07) is 10.4. The van der Waals surface area contributed by atoms with E-state index in [1.165, 1.54) is 6.07 Å². The van der Waals surface area contributed by atoms with Gasteiger partial charge >= 0.3 is 0 Å². The summed E-state index contributed by atoms with van der Waals surface area (Å²) >= 11 is 6.97. The molecular weight excluding hydrogens is 387 g/mol. The van der Waals surface area contributed by atoms with Crippen molar-refractivity contribution in [3.05, 3.63) is 61.8 Å². The first-order valence-corrected chi connectivity index (χ1v) is 7.48. The van der Waals surface area contributed by atoms with E-state index in [1.54, 1.807) is 12.1 Å². The molecule has 2 aromatic rings. The lowest BCUT2D eigenvalue weighted by atomic mass is 10.1. The van der Waals surface area contributed by atoms with E-state index in [9.17, 15) is 4.39 Å². The molecule has 0 aliphatic heterocycles. The Hall–Kier alpha value is -1.38. The summed E-state index contributed by atoms with van der Waals surface area (Å²) in [5, 5.41) is 11.9. The van der Waals surface area contributed by atoms with Gasteiger partial charge in [0.25, 0.3) is 0 Å². The van der Waals surface area contributed by atoms with Crippen LogP contribution < -0.4 is 5.32 Å². The van der Waals surface area contributed by atoms with Crippen LogP contribution >= 0.6 is 31.9 Å². The summed E-state index contributed by atoms with van der Waals surface area (Å²) in [4.78, 5) is 0. The second-order valence-electron chi connectivity index (χ2n) is 4.38. The molecule has 0 aliphatic carbocycles. The molecule has 1 N–H and O–H groups in total. The minimum Gasteiger partial charge on any atom is -0.379 e. The third-order valence-electron chi connectivity index (χ3n) is 2.82. The van der Waals surface area contributed by atoms with Crippen molar-refractivity contribution in [2.24, 2.45) is 0 Å². The van der Waals surface area contributed by atoms with Gasteiger partial charge in [-0.1, -0.05) is 6.07 Å². The number of nitrogens with zero attached hydrogens (tertiary/aromatic N) is 1. The molecule has 0 atom stereocenters. The Bertz CT molecular complexity index is 670. The van der Waals surface area contributed by atoms with Gasteiger partial charge in [0.2, 0.25) is 0 Å². The van der Waals surface area contributed by atoms with Crippen LogP contribution in [0.2, 0.25) is 0 Å². The molecular formula is C15H11Br2FN2. The van der Waals surface area contributed by atoms with Crippen molar-refractivity contribution in [2.45, 2.75) is 13.5 Å². The predicted octanol–water partition coefficient (Wildman–Crippen LogP) is 5.14. The molecule has 0 fully saturated rings. The Morgan fingerprint density at radius 3 is 2.40 bits per heavy atom. The standard InChI is InChI=1S/C15H11Br2FN2/c1-9-4-12(16)15(13(17)5-9)20-8-11-3-2-10(7-19)6-14(11)18/h2-6,20H,8H2,1H3. The molecule has 0 saturated carbocycles. The number of benzene rings is 2. The Morgan fingerprint density at radius 2 is 1.85 bits per heavy atom. The molecule has 20 heavy (non-hydrogen) atoms. The summed E-state index contributed by atoms with van der Waals surface area (Å²) in [7, 11) is 0. The summed E-state index contributed by atoms with van der Waals surface area (Å²) in [5.41, 5.74) is 2.84. The molecule has 0 aromatic heterocycles. The first kappa shape index (κ1) is 15.0. The predicted molar refractivity (Wildman–Crippen MR) is 85.0 cm³/mol. The quantitative estimate of drug-likeness (QED) is 0.777. The highest BCUT2D eigenvalue weighted by Gasteiger charge is 2.08. The average molecular weight is 398 g/mol. The van der Waals surface area contributed by atoms with Gasteiger partial charge in [-0.15, -0.1) is 0 Å². The van der Waals surface area contributed by atoms with E-state index in [0.717, 1.165) is 20.2 Å². The van der Waals surface area contributed by atoms with Crippen LogP contribution in [0.1, 0.15) is 16.7 Å². The molecule has 5 heteroatoms.